The second-order valence-electron chi connectivity index (χ2n) is 8.55. The summed E-state index contributed by atoms with van der Waals surface area (Å²) in [4.78, 5) is 27.5. The van der Waals surface area contributed by atoms with Crippen LogP contribution in [0.1, 0.15) is 54.0 Å². The molecule has 28 heavy (non-hydrogen) atoms. The van der Waals surface area contributed by atoms with E-state index in [2.05, 4.69) is 0 Å². The SMILES string of the molecule is COc1ccc2c(c1)c(CC(=O)N(C(C)C)C(C)C)cn2C(=O)OC(C)(C)C. The van der Waals surface area contributed by atoms with E-state index in [1.165, 1.54) is 4.57 Å². The maximum atomic E-state index is 13.0. The van der Waals surface area contributed by atoms with Gasteiger partial charge in [-0.05, 0) is 72.2 Å². The molecule has 1 aromatic heterocycles. The van der Waals surface area contributed by atoms with Gasteiger partial charge in [-0.15, -0.1) is 0 Å². The molecule has 0 saturated heterocycles. The van der Waals surface area contributed by atoms with E-state index in [1.54, 1.807) is 19.4 Å². The zero-order valence-corrected chi connectivity index (χ0v) is 18.2. The molecule has 1 amide bonds. The van der Waals surface area contributed by atoms with Gasteiger partial charge in [0.1, 0.15) is 11.4 Å². The Bertz CT molecular complexity index is 851. The summed E-state index contributed by atoms with van der Waals surface area (Å²) in [5, 5.41) is 0.811. The number of fused-ring (bicyclic) bond motifs is 1. The Kier molecular flexibility index (Phi) is 6.42. The monoisotopic (exact) mass is 388 g/mol. The molecular weight excluding hydrogens is 356 g/mol. The van der Waals surface area contributed by atoms with Crippen LogP contribution >= 0.6 is 0 Å². The number of ether oxygens (including phenoxy) is 2. The number of benzene rings is 1. The van der Waals surface area contributed by atoms with E-state index in [-0.39, 0.29) is 24.4 Å². The molecule has 1 aromatic carbocycles. The molecule has 0 atom stereocenters. The molecule has 154 valence electrons. The predicted molar refractivity (Wildman–Crippen MR) is 111 cm³/mol. The summed E-state index contributed by atoms with van der Waals surface area (Å²) in [6.07, 6.45) is 1.44. The fourth-order valence-electron chi connectivity index (χ4n) is 3.43. The van der Waals surface area contributed by atoms with E-state index in [0.717, 1.165) is 10.9 Å². The van der Waals surface area contributed by atoms with Crippen LogP contribution in [0.3, 0.4) is 0 Å². The van der Waals surface area contributed by atoms with E-state index in [9.17, 15) is 9.59 Å². The Labute approximate surface area is 167 Å². The van der Waals surface area contributed by atoms with Gasteiger partial charge in [0.15, 0.2) is 0 Å². The third-order valence-corrected chi connectivity index (χ3v) is 4.43. The standard InChI is InChI=1S/C22H32N2O4/c1-14(2)24(15(3)4)20(25)11-16-13-23(21(26)28-22(5,6)7)19-10-9-17(27-8)12-18(16)19/h9-10,12-15H,11H2,1-8H3. The van der Waals surface area contributed by atoms with Crippen molar-refractivity contribution in [1.82, 2.24) is 9.47 Å². The number of carbonyl (C=O) groups excluding carboxylic acids is 2. The molecule has 0 radical (unpaired) electrons. The van der Waals surface area contributed by atoms with Gasteiger partial charge >= 0.3 is 6.09 Å². The summed E-state index contributed by atoms with van der Waals surface area (Å²) >= 11 is 0. The molecule has 2 rings (SSSR count). The maximum absolute atomic E-state index is 13.0. The van der Waals surface area contributed by atoms with Gasteiger partial charge in [0.05, 0.1) is 19.0 Å². The van der Waals surface area contributed by atoms with Crippen molar-refractivity contribution in [3.05, 3.63) is 30.0 Å². The predicted octanol–water partition coefficient (Wildman–Crippen LogP) is 4.62. The van der Waals surface area contributed by atoms with E-state index in [4.69, 9.17) is 9.47 Å². The van der Waals surface area contributed by atoms with Crippen LogP contribution in [0.15, 0.2) is 24.4 Å². The lowest BCUT2D eigenvalue weighted by molar-refractivity contribution is -0.134. The molecule has 0 N–H and O–H groups in total. The summed E-state index contributed by atoms with van der Waals surface area (Å²) in [5.41, 5.74) is 0.858. The van der Waals surface area contributed by atoms with Crippen LogP contribution in [0, 0.1) is 0 Å². The summed E-state index contributed by atoms with van der Waals surface area (Å²) in [6, 6.07) is 5.66. The topological polar surface area (TPSA) is 60.8 Å². The molecule has 6 heteroatoms. The average molecular weight is 389 g/mol. The van der Waals surface area contributed by atoms with Gasteiger partial charge in [0, 0.05) is 23.7 Å². The Morgan fingerprint density at radius 2 is 1.71 bits per heavy atom. The first-order valence-corrected chi connectivity index (χ1v) is 9.67. The molecule has 0 aliphatic carbocycles. The lowest BCUT2D eigenvalue weighted by atomic mass is 10.1. The summed E-state index contributed by atoms with van der Waals surface area (Å²) in [6.45, 7) is 13.5. The molecule has 2 aromatic rings. The van der Waals surface area contributed by atoms with E-state index in [1.807, 2.05) is 65.5 Å². The van der Waals surface area contributed by atoms with Crippen LogP contribution in [0.4, 0.5) is 4.79 Å². The Hall–Kier alpha value is -2.50. The number of hydrogen-bond acceptors (Lipinski definition) is 4. The molecule has 1 heterocycles. The number of nitrogens with zero attached hydrogens (tertiary/aromatic N) is 2. The van der Waals surface area contributed by atoms with Crippen molar-refractivity contribution in [2.24, 2.45) is 0 Å². The maximum Gasteiger partial charge on any atom is 0.419 e. The van der Waals surface area contributed by atoms with Crippen LogP contribution in [-0.4, -0.2) is 46.3 Å². The molecule has 0 bridgehead atoms. The highest BCUT2D eigenvalue weighted by Gasteiger charge is 2.25. The smallest absolute Gasteiger partial charge is 0.419 e. The van der Waals surface area contributed by atoms with Gasteiger partial charge < -0.3 is 14.4 Å². The molecule has 0 saturated carbocycles. The zero-order chi connectivity index (χ0) is 21.2. The third-order valence-electron chi connectivity index (χ3n) is 4.43. The van der Waals surface area contributed by atoms with Crippen molar-refractivity contribution in [1.29, 1.82) is 0 Å². The van der Waals surface area contributed by atoms with Crippen LogP contribution in [0.25, 0.3) is 10.9 Å². The number of methoxy groups -OCH3 is 1. The van der Waals surface area contributed by atoms with Gasteiger partial charge in [-0.1, -0.05) is 0 Å². The van der Waals surface area contributed by atoms with Crippen LogP contribution in [0.5, 0.6) is 5.75 Å². The first-order chi connectivity index (χ1) is 12.9. The molecule has 0 fully saturated rings. The second kappa shape index (κ2) is 8.25. The normalized spacial score (nSPS) is 11.9. The molecular formula is C22H32N2O4. The van der Waals surface area contributed by atoms with Crippen molar-refractivity contribution in [2.45, 2.75) is 72.6 Å². The fraction of sp³-hybridized carbons (Fsp3) is 0.545. The summed E-state index contributed by atoms with van der Waals surface area (Å²) in [5.74, 6) is 0.698. The van der Waals surface area contributed by atoms with Crippen LogP contribution < -0.4 is 4.74 Å². The van der Waals surface area contributed by atoms with Gasteiger partial charge in [-0.2, -0.15) is 0 Å². The molecule has 0 aliphatic heterocycles. The minimum atomic E-state index is -0.609. The summed E-state index contributed by atoms with van der Waals surface area (Å²) < 4.78 is 12.3. The van der Waals surface area contributed by atoms with Gasteiger partial charge in [-0.25, -0.2) is 4.79 Å². The van der Waals surface area contributed by atoms with E-state index < -0.39 is 11.7 Å². The Morgan fingerprint density at radius 3 is 2.21 bits per heavy atom. The van der Waals surface area contributed by atoms with Crippen molar-refractivity contribution in [3.8, 4) is 5.75 Å². The highest BCUT2D eigenvalue weighted by Crippen LogP contribution is 2.28. The minimum absolute atomic E-state index is 0.0241. The van der Waals surface area contributed by atoms with Gasteiger partial charge in [-0.3, -0.25) is 9.36 Å². The molecule has 0 unspecified atom stereocenters. The van der Waals surface area contributed by atoms with Crippen LogP contribution in [0.2, 0.25) is 0 Å². The van der Waals surface area contributed by atoms with E-state index in [0.29, 0.717) is 11.3 Å². The highest BCUT2D eigenvalue weighted by molar-refractivity contribution is 5.95. The first-order valence-electron chi connectivity index (χ1n) is 9.67. The number of rotatable bonds is 5. The van der Waals surface area contributed by atoms with Crippen LogP contribution in [-0.2, 0) is 16.0 Å². The van der Waals surface area contributed by atoms with Gasteiger partial charge in [0.25, 0.3) is 0 Å². The Morgan fingerprint density at radius 1 is 1.11 bits per heavy atom. The fourth-order valence-corrected chi connectivity index (χ4v) is 3.43. The van der Waals surface area contributed by atoms with Crippen molar-refractivity contribution >= 4 is 22.9 Å². The number of aromatic nitrogens is 1. The number of carbonyl (C=O) groups is 2. The minimum Gasteiger partial charge on any atom is -0.497 e. The molecule has 0 spiro atoms. The highest BCUT2D eigenvalue weighted by atomic mass is 16.6. The average Bonchev–Trinajstić information content (AvgIpc) is 2.90. The Balaban J connectivity index is 2.50. The van der Waals surface area contributed by atoms with Crippen molar-refractivity contribution < 1.29 is 19.1 Å². The molecule has 0 aliphatic rings. The lowest BCUT2D eigenvalue weighted by Gasteiger charge is -2.30. The van der Waals surface area contributed by atoms with Gasteiger partial charge in [0.2, 0.25) is 5.91 Å². The lowest BCUT2D eigenvalue weighted by Crippen LogP contribution is -2.42. The second-order valence-corrected chi connectivity index (χ2v) is 8.55. The third kappa shape index (κ3) is 4.86. The first kappa shape index (κ1) is 21.8. The molecule has 6 nitrogen and oxygen atoms in total. The zero-order valence-electron chi connectivity index (χ0n) is 18.2. The summed E-state index contributed by atoms with van der Waals surface area (Å²) in [7, 11) is 1.59. The van der Waals surface area contributed by atoms with Crippen molar-refractivity contribution in [3.63, 3.8) is 0 Å². The van der Waals surface area contributed by atoms with E-state index >= 15 is 0 Å². The quantitative estimate of drug-likeness (QED) is 0.750. The number of amides is 1. The largest absolute Gasteiger partial charge is 0.497 e. The number of hydrogen-bond donors (Lipinski definition) is 0. The van der Waals surface area contributed by atoms with Crippen molar-refractivity contribution in [2.75, 3.05) is 7.11 Å².